The van der Waals surface area contributed by atoms with Crippen LogP contribution in [-0.4, -0.2) is 31.8 Å². The Bertz CT molecular complexity index is 743. The van der Waals surface area contributed by atoms with Crippen LogP contribution in [0.4, 0.5) is 0 Å². The second-order valence-electron chi connectivity index (χ2n) is 6.32. The van der Waals surface area contributed by atoms with Crippen molar-refractivity contribution in [1.82, 2.24) is 5.32 Å². The summed E-state index contributed by atoms with van der Waals surface area (Å²) in [5.74, 6) is 0.991. The molecular weight excluding hydrogens is 318 g/mol. The molecule has 2 N–H and O–H groups in total. The van der Waals surface area contributed by atoms with Crippen molar-refractivity contribution in [2.24, 2.45) is 5.92 Å². The van der Waals surface area contributed by atoms with E-state index in [9.17, 15) is 9.90 Å². The van der Waals surface area contributed by atoms with Gasteiger partial charge in [0.1, 0.15) is 5.60 Å². The van der Waals surface area contributed by atoms with Gasteiger partial charge >= 0.3 is 0 Å². The van der Waals surface area contributed by atoms with Crippen molar-refractivity contribution in [3.8, 4) is 11.5 Å². The number of carbonyl (C=O) groups is 1. The minimum Gasteiger partial charge on any atom is -0.493 e. The first-order chi connectivity index (χ1) is 12.1. The lowest BCUT2D eigenvalue weighted by atomic mass is 9.88. The van der Waals surface area contributed by atoms with E-state index in [1.54, 1.807) is 25.3 Å². The van der Waals surface area contributed by atoms with Crippen molar-refractivity contribution >= 4 is 5.91 Å². The lowest BCUT2D eigenvalue weighted by Gasteiger charge is -2.29. The highest BCUT2D eigenvalue weighted by molar-refractivity contribution is 5.95. The van der Waals surface area contributed by atoms with Gasteiger partial charge in [-0.25, -0.2) is 0 Å². The molecule has 1 fully saturated rings. The smallest absolute Gasteiger partial charge is 0.251 e. The molecule has 5 nitrogen and oxygen atoms in total. The highest BCUT2D eigenvalue weighted by Gasteiger charge is 2.45. The van der Waals surface area contributed by atoms with E-state index in [0.717, 1.165) is 18.4 Å². The Balaban J connectivity index is 1.74. The Morgan fingerprint density at radius 3 is 2.40 bits per heavy atom. The van der Waals surface area contributed by atoms with Crippen LogP contribution in [0.3, 0.4) is 0 Å². The van der Waals surface area contributed by atoms with Crippen molar-refractivity contribution in [3.63, 3.8) is 0 Å². The molecule has 0 heterocycles. The Hall–Kier alpha value is -2.53. The van der Waals surface area contributed by atoms with Gasteiger partial charge in [-0.1, -0.05) is 30.3 Å². The second-order valence-corrected chi connectivity index (χ2v) is 6.32. The van der Waals surface area contributed by atoms with Crippen LogP contribution in [0.25, 0.3) is 0 Å². The van der Waals surface area contributed by atoms with Crippen molar-refractivity contribution in [1.29, 1.82) is 0 Å². The number of methoxy groups -OCH3 is 2. The average Bonchev–Trinajstić information content (AvgIpc) is 3.51. The van der Waals surface area contributed by atoms with Crippen LogP contribution in [0, 0.1) is 5.92 Å². The molecule has 0 radical (unpaired) electrons. The molecule has 2 aromatic rings. The lowest BCUT2D eigenvalue weighted by Crippen LogP contribution is -2.42. The molecule has 0 spiro atoms. The lowest BCUT2D eigenvalue weighted by molar-refractivity contribution is 0.0135. The summed E-state index contributed by atoms with van der Waals surface area (Å²) in [6, 6.07) is 14.5. The summed E-state index contributed by atoms with van der Waals surface area (Å²) >= 11 is 0. The van der Waals surface area contributed by atoms with Crippen LogP contribution in [0.1, 0.15) is 28.8 Å². The summed E-state index contributed by atoms with van der Waals surface area (Å²) in [6.45, 7) is 0.175. The van der Waals surface area contributed by atoms with Gasteiger partial charge < -0.3 is 19.9 Å². The highest BCUT2D eigenvalue weighted by atomic mass is 16.5. The number of ether oxygens (including phenoxy) is 2. The summed E-state index contributed by atoms with van der Waals surface area (Å²) in [7, 11) is 3.08. The molecule has 0 aromatic heterocycles. The van der Waals surface area contributed by atoms with E-state index in [-0.39, 0.29) is 18.4 Å². The molecule has 1 aliphatic carbocycles. The molecule has 1 atom stereocenters. The average molecular weight is 341 g/mol. The van der Waals surface area contributed by atoms with E-state index in [0.29, 0.717) is 17.1 Å². The van der Waals surface area contributed by atoms with Crippen molar-refractivity contribution in [2.75, 3.05) is 20.8 Å². The van der Waals surface area contributed by atoms with Crippen LogP contribution in [0.2, 0.25) is 0 Å². The van der Waals surface area contributed by atoms with Gasteiger partial charge in [0.25, 0.3) is 5.91 Å². The molecule has 3 rings (SSSR count). The van der Waals surface area contributed by atoms with Gasteiger partial charge in [-0.15, -0.1) is 0 Å². The number of amides is 1. The number of aliphatic hydroxyl groups is 1. The second kappa shape index (κ2) is 7.15. The number of benzene rings is 2. The van der Waals surface area contributed by atoms with Crippen LogP contribution < -0.4 is 14.8 Å². The van der Waals surface area contributed by atoms with E-state index in [1.165, 1.54) is 7.11 Å². The molecule has 1 saturated carbocycles. The highest BCUT2D eigenvalue weighted by Crippen LogP contribution is 2.45. The zero-order valence-corrected chi connectivity index (χ0v) is 14.5. The maximum atomic E-state index is 12.5. The first kappa shape index (κ1) is 17.3. The van der Waals surface area contributed by atoms with Gasteiger partial charge in [-0.05, 0) is 42.5 Å². The standard InChI is InChI=1S/C20H23NO4/c1-24-17-11-8-14(12-18(17)25-2)19(22)21-13-20(23,16-9-10-16)15-6-4-3-5-7-15/h3-8,11-12,16,23H,9-10,13H2,1-2H3,(H,21,22). The van der Waals surface area contributed by atoms with E-state index in [1.807, 2.05) is 30.3 Å². The Morgan fingerprint density at radius 2 is 1.80 bits per heavy atom. The maximum absolute atomic E-state index is 12.5. The topological polar surface area (TPSA) is 67.8 Å². The minimum absolute atomic E-state index is 0.175. The first-order valence-corrected chi connectivity index (χ1v) is 8.36. The maximum Gasteiger partial charge on any atom is 0.251 e. The molecule has 5 heteroatoms. The quantitative estimate of drug-likeness (QED) is 0.813. The van der Waals surface area contributed by atoms with Crippen LogP contribution >= 0.6 is 0 Å². The van der Waals surface area contributed by atoms with Crippen LogP contribution in [0.5, 0.6) is 11.5 Å². The number of rotatable bonds is 7. The molecule has 1 unspecified atom stereocenters. The SMILES string of the molecule is COc1ccc(C(=O)NCC(O)(c2ccccc2)C2CC2)cc1OC. The first-order valence-electron chi connectivity index (χ1n) is 8.36. The number of hydrogen-bond donors (Lipinski definition) is 2. The molecule has 25 heavy (non-hydrogen) atoms. The fourth-order valence-corrected chi connectivity index (χ4v) is 3.06. The molecule has 2 aromatic carbocycles. The monoisotopic (exact) mass is 341 g/mol. The summed E-state index contributed by atoms with van der Waals surface area (Å²) < 4.78 is 10.4. The Morgan fingerprint density at radius 1 is 1.12 bits per heavy atom. The molecule has 132 valence electrons. The number of carbonyl (C=O) groups excluding carboxylic acids is 1. The van der Waals surface area contributed by atoms with Gasteiger partial charge in [-0.3, -0.25) is 4.79 Å². The third kappa shape index (κ3) is 3.61. The van der Waals surface area contributed by atoms with Gasteiger partial charge in [-0.2, -0.15) is 0 Å². The predicted molar refractivity (Wildman–Crippen MR) is 94.9 cm³/mol. The van der Waals surface area contributed by atoms with Gasteiger partial charge in [0.2, 0.25) is 0 Å². The van der Waals surface area contributed by atoms with E-state index < -0.39 is 5.60 Å². The number of hydrogen-bond acceptors (Lipinski definition) is 4. The zero-order valence-electron chi connectivity index (χ0n) is 14.5. The van der Waals surface area contributed by atoms with Gasteiger partial charge in [0.05, 0.1) is 20.8 Å². The fraction of sp³-hybridized carbons (Fsp3) is 0.350. The van der Waals surface area contributed by atoms with Crippen molar-refractivity contribution in [3.05, 3.63) is 59.7 Å². The summed E-state index contributed by atoms with van der Waals surface area (Å²) in [4.78, 5) is 12.5. The third-order valence-electron chi connectivity index (χ3n) is 4.69. The Labute approximate surface area is 147 Å². The van der Waals surface area contributed by atoms with E-state index >= 15 is 0 Å². The molecular formula is C20H23NO4. The molecule has 0 aliphatic heterocycles. The van der Waals surface area contributed by atoms with E-state index in [2.05, 4.69) is 5.32 Å². The molecule has 1 amide bonds. The molecule has 0 bridgehead atoms. The van der Waals surface area contributed by atoms with E-state index in [4.69, 9.17) is 9.47 Å². The normalized spacial score (nSPS) is 16.0. The van der Waals surface area contributed by atoms with Crippen LogP contribution in [-0.2, 0) is 5.60 Å². The summed E-state index contributed by atoms with van der Waals surface area (Å²) in [5, 5.41) is 14.0. The Kier molecular flexibility index (Phi) is 4.95. The van der Waals surface area contributed by atoms with Gasteiger partial charge in [0.15, 0.2) is 11.5 Å². The van der Waals surface area contributed by atoms with Crippen LogP contribution in [0.15, 0.2) is 48.5 Å². The number of nitrogens with one attached hydrogen (secondary N) is 1. The molecule has 0 saturated heterocycles. The van der Waals surface area contributed by atoms with Crippen molar-refractivity contribution < 1.29 is 19.4 Å². The predicted octanol–water partition coefficient (Wildman–Crippen LogP) is 2.73. The van der Waals surface area contributed by atoms with Crippen molar-refractivity contribution in [2.45, 2.75) is 18.4 Å². The third-order valence-corrected chi connectivity index (χ3v) is 4.69. The summed E-state index contributed by atoms with van der Waals surface area (Å²) in [5.41, 5.74) is 0.266. The largest absolute Gasteiger partial charge is 0.493 e. The van der Waals surface area contributed by atoms with Gasteiger partial charge in [0, 0.05) is 5.56 Å². The summed E-state index contributed by atoms with van der Waals surface area (Å²) in [6.07, 6.45) is 1.94. The fourth-order valence-electron chi connectivity index (χ4n) is 3.06. The minimum atomic E-state index is -1.03. The molecule has 1 aliphatic rings. The zero-order chi connectivity index (χ0) is 17.9.